The van der Waals surface area contributed by atoms with Gasteiger partial charge in [-0.05, 0) is 47.9 Å². The van der Waals surface area contributed by atoms with E-state index in [4.69, 9.17) is 4.74 Å². The molecule has 0 amide bonds. The number of benzene rings is 2. The van der Waals surface area contributed by atoms with E-state index in [1.165, 1.54) is 18.2 Å². The molecule has 0 aliphatic rings. The average Bonchev–Trinajstić information content (AvgIpc) is 2.65. The van der Waals surface area contributed by atoms with Crippen LogP contribution < -0.4 is 15.4 Å². The summed E-state index contributed by atoms with van der Waals surface area (Å²) in [7, 11) is -1.60. The summed E-state index contributed by atoms with van der Waals surface area (Å²) >= 11 is 0. The standard InChI is InChI=1S/C20H26FN3O3S/c1-4-22-20(23-12-15-5-9-19(27-2)10-6-15)24-13-17-11-18(21)8-7-16(17)14-28(3,25)26/h5-11H,4,12-14H2,1-3H3,(H2,22,23,24). The maximum atomic E-state index is 13.7. The third-order valence-corrected chi connectivity index (χ3v) is 4.79. The summed E-state index contributed by atoms with van der Waals surface area (Å²) in [5.74, 6) is 0.800. The van der Waals surface area contributed by atoms with Crippen LogP contribution in [-0.4, -0.2) is 34.3 Å². The number of ether oxygens (including phenoxy) is 1. The van der Waals surface area contributed by atoms with Crippen molar-refractivity contribution in [3.05, 3.63) is 65.0 Å². The molecular weight excluding hydrogens is 381 g/mol. The fraction of sp³-hybridized carbons (Fsp3) is 0.350. The second kappa shape index (κ2) is 10.1. The van der Waals surface area contributed by atoms with Gasteiger partial charge in [0.2, 0.25) is 0 Å². The second-order valence-electron chi connectivity index (χ2n) is 6.38. The van der Waals surface area contributed by atoms with Gasteiger partial charge in [-0.15, -0.1) is 0 Å². The molecule has 0 aliphatic carbocycles. The van der Waals surface area contributed by atoms with Crippen molar-refractivity contribution in [1.29, 1.82) is 0 Å². The second-order valence-corrected chi connectivity index (χ2v) is 8.52. The van der Waals surface area contributed by atoms with Gasteiger partial charge < -0.3 is 15.4 Å². The Morgan fingerprint density at radius 2 is 1.82 bits per heavy atom. The molecule has 0 aliphatic heterocycles. The highest BCUT2D eigenvalue weighted by Gasteiger charge is 2.11. The van der Waals surface area contributed by atoms with E-state index in [9.17, 15) is 12.8 Å². The molecule has 0 fully saturated rings. The average molecular weight is 408 g/mol. The quantitative estimate of drug-likeness (QED) is 0.519. The molecule has 0 spiro atoms. The highest BCUT2D eigenvalue weighted by Crippen LogP contribution is 2.15. The van der Waals surface area contributed by atoms with E-state index in [-0.39, 0.29) is 12.3 Å². The van der Waals surface area contributed by atoms with Crippen molar-refractivity contribution in [3.8, 4) is 5.75 Å². The molecule has 0 saturated heterocycles. The lowest BCUT2D eigenvalue weighted by atomic mass is 10.1. The molecule has 2 N–H and O–H groups in total. The number of methoxy groups -OCH3 is 1. The number of aliphatic imine (C=N–C) groups is 1. The van der Waals surface area contributed by atoms with Crippen molar-refractivity contribution in [2.75, 3.05) is 19.9 Å². The lowest BCUT2D eigenvalue weighted by Crippen LogP contribution is -2.37. The first-order chi connectivity index (χ1) is 13.3. The van der Waals surface area contributed by atoms with Gasteiger partial charge in [-0.2, -0.15) is 0 Å². The van der Waals surface area contributed by atoms with Gasteiger partial charge in [0.05, 0.1) is 19.4 Å². The zero-order valence-electron chi connectivity index (χ0n) is 16.3. The van der Waals surface area contributed by atoms with Gasteiger partial charge in [-0.25, -0.2) is 17.8 Å². The Bertz CT molecular complexity index is 913. The van der Waals surface area contributed by atoms with Gasteiger partial charge in [0.25, 0.3) is 0 Å². The summed E-state index contributed by atoms with van der Waals surface area (Å²) in [5.41, 5.74) is 2.17. The first-order valence-electron chi connectivity index (χ1n) is 8.91. The van der Waals surface area contributed by atoms with E-state index >= 15 is 0 Å². The van der Waals surface area contributed by atoms with Gasteiger partial charge in [-0.1, -0.05) is 18.2 Å². The molecule has 0 atom stereocenters. The Balaban J connectivity index is 2.10. The summed E-state index contributed by atoms with van der Waals surface area (Å²) in [6, 6.07) is 11.7. The van der Waals surface area contributed by atoms with E-state index in [0.29, 0.717) is 30.2 Å². The van der Waals surface area contributed by atoms with Crippen LogP contribution in [-0.2, 0) is 28.7 Å². The molecule has 0 unspecified atom stereocenters. The molecule has 28 heavy (non-hydrogen) atoms. The lowest BCUT2D eigenvalue weighted by molar-refractivity contribution is 0.414. The Hall–Kier alpha value is -2.61. The number of hydrogen-bond donors (Lipinski definition) is 2. The lowest BCUT2D eigenvalue weighted by Gasteiger charge is -2.14. The third-order valence-electron chi connectivity index (χ3n) is 3.96. The summed E-state index contributed by atoms with van der Waals surface area (Å²) in [6.07, 6.45) is 1.16. The topological polar surface area (TPSA) is 79.8 Å². The first kappa shape index (κ1) is 21.7. The number of sulfone groups is 1. The number of rotatable bonds is 8. The zero-order valence-corrected chi connectivity index (χ0v) is 17.1. The number of nitrogens with zero attached hydrogens (tertiary/aromatic N) is 1. The van der Waals surface area contributed by atoms with Crippen LogP contribution in [0.5, 0.6) is 5.75 Å². The highest BCUT2D eigenvalue weighted by atomic mass is 32.2. The number of guanidine groups is 1. The molecule has 0 aromatic heterocycles. The Labute approximate surface area is 165 Å². The fourth-order valence-corrected chi connectivity index (χ4v) is 3.45. The molecule has 0 radical (unpaired) electrons. The van der Waals surface area contributed by atoms with Crippen LogP contribution in [0.15, 0.2) is 47.5 Å². The van der Waals surface area contributed by atoms with Crippen LogP contribution >= 0.6 is 0 Å². The molecule has 8 heteroatoms. The SMILES string of the molecule is CCNC(=NCc1ccc(OC)cc1)NCc1cc(F)ccc1CS(C)(=O)=O. The molecule has 6 nitrogen and oxygen atoms in total. The van der Waals surface area contributed by atoms with E-state index < -0.39 is 15.7 Å². The monoisotopic (exact) mass is 407 g/mol. The van der Waals surface area contributed by atoms with Crippen molar-refractivity contribution in [1.82, 2.24) is 10.6 Å². The predicted octanol–water partition coefficient (Wildman–Crippen LogP) is 2.63. The van der Waals surface area contributed by atoms with Crippen molar-refractivity contribution in [2.45, 2.75) is 25.8 Å². The first-order valence-corrected chi connectivity index (χ1v) is 11.0. The van der Waals surface area contributed by atoms with E-state index in [0.717, 1.165) is 17.6 Å². The Kier molecular flexibility index (Phi) is 7.80. The van der Waals surface area contributed by atoms with Crippen LogP contribution in [0.4, 0.5) is 4.39 Å². The third kappa shape index (κ3) is 7.19. The molecule has 0 saturated carbocycles. The summed E-state index contributed by atoms with van der Waals surface area (Å²) in [6.45, 7) is 3.32. The number of hydrogen-bond acceptors (Lipinski definition) is 4. The maximum absolute atomic E-state index is 13.7. The normalized spacial score (nSPS) is 11.9. The molecule has 2 aromatic rings. The van der Waals surface area contributed by atoms with E-state index in [1.54, 1.807) is 7.11 Å². The minimum atomic E-state index is -3.22. The zero-order chi connectivity index (χ0) is 20.6. The smallest absolute Gasteiger partial charge is 0.191 e. The van der Waals surface area contributed by atoms with Crippen molar-refractivity contribution in [3.63, 3.8) is 0 Å². The molecule has 152 valence electrons. The summed E-state index contributed by atoms with van der Waals surface area (Å²) < 4.78 is 42.0. The van der Waals surface area contributed by atoms with E-state index in [2.05, 4.69) is 15.6 Å². The van der Waals surface area contributed by atoms with E-state index in [1.807, 2.05) is 31.2 Å². The molecule has 2 aromatic carbocycles. The maximum Gasteiger partial charge on any atom is 0.191 e. The van der Waals surface area contributed by atoms with Gasteiger partial charge in [-0.3, -0.25) is 0 Å². The summed E-state index contributed by atoms with van der Waals surface area (Å²) in [4.78, 5) is 4.52. The van der Waals surface area contributed by atoms with Crippen molar-refractivity contribution in [2.24, 2.45) is 4.99 Å². The van der Waals surface area contributed by atoms with Crippen LogP contribution in [0, 0.1) is 5.82 Å². The van der Waals surface area contributed by atoms with Crippen LogP contribution in [0.3, 0.4) is 0 Å². The minimum absolute atomic E-state index is 0.135. The van der Waals surface area contributed by atoms with Gasteiger partial charge >= 0.3 is 0 Å². The van der Waals surface area contributed by atoms with Crippen LogP contribution in [0.2, 0.25) is 0 Å². The molecule has 0 bridgehead atoms. The number of halogens is 1. The van der Waals surface area contributed by atoms with Gasteiger partial charge in [0.15, 0.2) is 15.8 Å². The van der Waals surface area contributed by atoms with Crippen molar-refractivity contribution >= 4 is 15.8 Å². The van der Waals surface area contributed by atoms with Gasteiger partial charge in [0.1, 0.15) is 11.6 Å². The highest BCUT2D eigenvalue weighted by molar-refractivity contribution is 7.89. The summed E-state index contributed by atoms with van der Waals surface area (Å²) in [5, 5.41) is 6.27. The van der Waals surface area contributed by atoms with Crippen molar-refractivity contribution < 1.29 is 17.5 Å². The minimum Gasteiger partial charge on any atom is -0.497 e. The van der Waals surface area contributed by atoms with Crippen LogP contribution in [0.25, 0.3) is 0 Å². The predicted molar refractivity (Wildman–Crippen MR) is 110 cm³/mol. The largest absolute Gasteiger partial charge is 0.497 e. The molecule has 2 rings (SSSR count). The Morgan fingerprint density at radius 3 is 2.43 bits per heavy atom. The van der Waals surface area contributed by atoms with Crippen LogP contribution in [0.1, 0.15) is 23.6 Å². The molecule has 0 heterocycles. The van der Waals surface area contributed by atoms with Gasteiger partial charge in [0, 0.05) is 19.3 Å². The number of nitrogens with one attached hydrogen (secondary N) is 2. The Morgan fingerprint density at radius 1 is 1.11 bits per heavy atom. The molecular formula is C20H26FN3O3S. The fourth-order valence-electron chi connectivity index (χ4n) is 2.60.